The molecule has 0 saturated heterocycles. The molecule has 1 N–H and O–H groups in total. The van der Waals surface area contributed by atoms with Crippen LogP contribution in [-0.4, -0.2) is 23.1 Å². The van der Waals surface area contributed by atoms with Gasteiger partial charge in [-0.1, -0.05) is 35.0 Å². The predicted octanol–water partition coefficient (Wildman–Crippen LogP) is 4.36. The summed E-state index contributed by atoms with van der Waals surface area (Å²) in [6, 6.07) is 14.1. The molecule has 0 unspecified atom stereocenters. The van der Waals surface area contributed by atoms with Gasteiger partial charge in [-0.2, -0.15) is 0 Å². The van der Waals surface area contributed by atoms with Crippen molar-refractivity contribution in [2.24, 2.45) is 0 Å². The first-order valence-corrected chi connectivity index (χ1v) is 9.57. The molecule has 0 aliphatic rings. The average molecular weight is 408 g/mol. The van der Waals surface area contributed by atoms with E-state index in [0.717, 1.165) is 16.8 Å². The van der Waals surface area contributed by atoms with Gasteiger partial charge in [-0.3, -0.25) is 4.79 Å². The van der Waals surface area contributed by atoms with E-state index in [1.165, 1.54) is 6.92 Å². The molecule has 0 aliphatic heterocycles. The number of esters is 1. The number of benzene rings is 2. The summed E-state index contributed by atoms with van der Waals surface area (Å²) < 4.78 is 16.3. The molecule has 30 heavy (non-hydrogen) atoms. The minimum atomic E-state index is -0.977. The lowest BCUT2D eigenvalue weighted by Gasteiger charge is -2.15. The fourth-order valence-corrected chi connectivity index (χ4v) is 2.78. The maximum atomic E-state index is 12.7. The van der Waals surface area contributed by atoms with Crippen LogP contribution in [0.15, 0.2) is 53.1 Å². The molecule has 0 aliphatic carbocycles. The Morgan fingerprint density at radius 1 is 1.07 bits per heavy atom. The number of rotatable bonds is 7. The number of nitrogens with one attached hydrogen (secondary N) is 1. The van der Waals surface area contributed by atoms with Crippen molar-refractivity contribution < 1.29 is 23.6 Å². The first kappa shape index (κ1) is 21.1. The molecule has 0 radical (unpaired) electrons. The second-order valence-corrected chi connectivity index (χ2v) is 6.99. The van der Waals surface area contributed by atoms with Gasteiger partial charge in [0.05, 0.1) is 11.3 Å². The summed E-state index contributed by atoms with van der Waals surface area (Å²) in [5.41, 5.74) is 3.51. The molecule has 0 saturated carbocycles. The van der Waals surface area contributed by atoms with E-state index >= 15 is 0 Å². The largest absolute Gasteiger partial charge is 0.488 e. The standard InChI is InChI=1S/C23H24N2O5/c1-14-9-11-18(12-10-14)24-22(26)17(4)29-23(27)19-7-5-6-8-21(19)28-13-20-15(2)25-30-16(20)3/h5-12,17H,13H2,1-4H3,(H,24,26)/t17-/m1/s1. The molecule has 7 heteroatoms. The molecule has 1 amide bonds. The summed E-state index contributed by atoms with van der Waals surface area (Å²) in [6.07, 6.45) is -0.977. The molecule has 7 nitrogen and oxygen atoms in total. The van der Waals surface area contributed by atoms with Crippen molar-refractivity contribution in [2.45, 2.75) is 40.4 Å². The number of carbonyl (C=O) groups is 2. The number of aromatic nitrogens is 1. The van der Waals surface area contributed by atoms with Crippen molar-refractivity contribution >= 4 is 17.6 Å². The van der Waals surface area contributed by atoms with Gasteiger partial charge >= 0.3 is 5.97 Å². The van der Waals surface area contributed by atoms with E-state index in [1.54, 1.807) is 43.3 Å². The van der Waals surface area contributed by atoms with Crippen LogP contribution >= 0.6 is 0 Å². The van der Waals surface area contributed by atoms with E-state index in [1.807, 2.05) is 26.0 Å². The number of para-hydroxylation sites is 1. The molecular formula is C23H24N2O5. The fourth-order valence-electron chi connectivity index (χ4n) is 2.78. The van der Waals surface area contributed by atoms with Crippen LogP contribution in [0.1, 0.15) is 39.9 Å². The van der Waals surface area contributed by atoms with E-state index in [2.05, 4.69) is 10.5 Å². The summed E-state index contributed by atoms with van der Waals surface area (Å²) in [6.45, 7) is 7.31. The van der Waals surface area contributed by atoms with Crippen molar-refractivity contribution in [3.8, 4) is 5.75 Å². The average Bonchev–Trinajstić information content (AvgIpc) is 3.05. The highest BCUT2D eigenvalue weighted by molar-refractivity contribution is 5.98. The minimum absolute atomic E-state index is 0.203. The van der Waals surface area contributed by atoms with Crippen LogP contribution in [0, 0.1) is 20.8 Å². The zero-order valence-electron chi connectivity index (χ0n) is 17.4. The Balaban J connectivity index is 1.64. The third kappa shape index (κ3) is 5.05. The quantitative estimate of drug-likeness (QED) is 0.584. The number of nitrogens with zero attached hydrogens (tertiary/aromatic N) is 1. The minimum Gasteiger partial charge on any atom is -0.488 e. The Morgan fingerprint density at radius 3 is 2.43 bits per heavy atom. The Labute approximate surface area is 175 Å². The molecule has 1 atom stereocenters. The first-order valence-electron chi connectivity index (χ1n) is 9.57. The van der Waals surface area contributed by atoms with Gasteiger partial charge in [0.2, 0.25) is 0 Å². The van der Waals surface area contributed by atoms with E-state index in [9.17, 15) is 9.59 Å². The Bertz CT molecular complexity index is 1020. The zero-order chi connectivity index (χ0) is 21.7. The van der Waals surface area contributed by atoms with Crippen LogP contribution in [0.5, 0.6) is 5.75 Å². The maximum absolute atomic E-state index is 12.7. The van der Waals surface area contributed by atoms with Gasteiger partial charge in [-0.25, -0.2) is 4.79 Å². The van der Waals surface area contributed by atoms with Crippen LogP contribution in [0.3, 0.4) is 0 Å². The van der Waals surface area contributed by atoms with Crippen molar-refractivity contribution in [2.75, 3.05) is 5.32 Å². The van der Waals surface area contributed by atoms with Crippen LogP contribution in [0.25, 0.3) is 0 Å². The third-order valence-corrected chi connectivity index (χ3v) is 4.63. The molecule has 3 aromatic rings. The lowest BCUT2D eigenvalue weighted by molar-refractivity contribution is -0.123. The van der Waals surface area contributed by atoms with Crippen molar-refractivity contribution in [1.82, 2.24) is 5.16 Å². The Kier molecular flexibility index (Phi) is 6.51. The lowest BCUT2D eigenvalue weighted by Crippen LogP contribution is -2.30. The molecule has 1 heterocycles. The van der Waals surface area contributed by atoms with Crippen LogP contribution in [0.2, 0.25) is 0 Å². The van der Waals surface area contributed by atoms with E-state index in [-0.39, 0.29) is 12.2 Å². The first-order chi connectivity index (χ1) is 14.3. The summed E-state index contributed by atoms with van der Waals surface area (Å²) in [5.74, 6) is -0.0418. The summed E-state index contributed by atoms with van der Waals surface area (Å²) in [4.78, 5) is 25.0. The number of carbonyl (C=O) groups excluding carboxylic acids is 2. The highest BCUT2D eigenvalue weighted by Crippen LogP contribution is 2.23. The SMILES string of the molecule is Cc1ccc(NC(=O)[C@@H](C)OC(=O)c2ccccc2OCc2c(C)noc2C)cc1. The molecule has 1 aromatic heterocycles. The molecule has 2 aromatic carbocycles. The third-order valence-electron chi connectivity index (χ3n) is 4.63. The summed E-state index contributed by atoms with van der Waals surface area (Å²) in [7, 11) is 0. The highest BCUT2D eigenvalue weighted by atomic mass is 16.5. The fraction of sp³-hybridized carbons (Fsp3) is 0.261. The lowest BCUT2D eigenvalue weighted by atomic mass is 10.2. The van der Waals surface area contributed by atoms with E-state index in [4.69, 9.17) is 14.0 Å². The van der Waals surface area contributed by atoms with Crippen molar-refractivity contribution in [3.05, 3.63) is 76.7 Å². The Morgan fingerprint density at radius 2 is 1.77 bits per heavy atom. The normalized spacial score (nSPS) is 11.6. The van der Waals surface area contributed by atoms with Crippen molar-refractivity contribution in [3.63, 3.8) is 0 Å². The molecule has 0 bridgehead atoms. The number of aryl methyl sites for hydroxylation is 3. The molecular weight excluding hydrogens is 384 g/mol. The van der Waals surface area contributed by atoms with Gasteiger partial charge in [0.15, 0.2) is 6.10 Å². The number of hydrogen-bond donors (Lipinski definition) is 1. The second kappa shape index (κ2) is 9.26. The van der Waals surface area contributed by atoms with Gasteiger partial charge in [0, 0.05) is 5.69 Å². The molecule has 3 rings (SSSR count). The van der Waals surface area contributed by atoms with Gasteiger partial charge < -0.3 is 19.3 Å². The van der Waals surface area contributed by atoms with Crippen LogP contribution < -0.4 is 10.1 Å². The van der Waals surface area contributed by atoms with Crippen LogP contribution in [0.4, 0.5) is 5.69 Å². The Hall–Kier alpha value is -3.61. The van der Waals surface area contributed by atoms with Gasteiger partial charge in [0.1, 0.15) is 23.7 Å². The summed E-state index contributed by atoms with van der Waals surface area (Å²) in [5, 5.41) is 6.62. The zero-order valence-corrected chi connectivity index (χ0v) is 17.4. The number of anilines is 1. The van der Waals surface area contributed by atoms with Crippen LogP contribution in [-0.2, 0) is 16.1 Å². The van der Waals surface area contributed by atoms with Gasteiger partial charge in [-0.15, -0.1) is 0 Å². The van der Waals surface area contributed by atoms with Gasteiger partial charge in [-0.05, 0) is 52.0 Å². The monoisotopic (exact) mass is 408 g/mol. The smallest absolute Gasteiger partial charge is 0.342 e. The molecule has 156 valence electrons. The summed E-state index contributed by atoms with van der Waals surface area (Å²) >= 11 is 0. The molecule has 0 spiro atoms. The predicted molar refractivity (Wildman–Crippen MR) is 111 cm³/mol. The van der Waals surface area contributed by atoms with Crippen molar-refractivity contribution in [1.29, 1.82) is 0 Å². The number of hydrogen-bond acceptors (Lipinski definition) is 6. The van der Waals surface area contributed by atoms with E-state index < -0.39 is 18.0 Å². The number of amides is 1. The van der Waals surface area contributed by atoms with Gasteiger partial charge in [0.25, 0.3) is 5.91 Å². The highest BCUT2D eigenvalue weighted by Gasteiger charge is 2.22. The topological polar surface area (TPSA) is 90.7 Å². The molecule has 0 fully saturated rings. The second-order valence-electron chi connectivity index (χ2n) is 6.99. The number of ether oxygens (including phenoxy) is 2. The maximum Gasteiger partial charge on any atom is 0.342 e. The van der Waals surface area contributed by atoms with E-state index in [0.29, 0.717) is 17.2 Å².